The lowest BCUT2D eigenvalue weighted by molar-refractivity contribution is -0.121. The number of halogens is 2. The molecule has 1 amide bonds. The summed E-state index contributed by atoms with van der Waals surface area (Å²) in [5.74, 6) is -1.23. The summed E-state index contributed by atoms with van der Waals surface area (Å²) >= 11 is 5.90. The van der Waals surface area contributed by atoms with E-state index in [1.807, 2.05) is 0 Å². The van der Waals surface area contributed by atoms with Crippen LogP contribution in [-0.2, 0) is 21.2 Å². The molecule has 0 aromatic heterocycles. The average molecular weight is 461 g/mol. The van der Waals surface area contributed by atoms with Crippen LogP contribution in [0.15, 0.2) is 77.7 Å². The molecule has 0 fully saturated rings. The second-order valence-corrected chi connectivity index (χ2v) is 9.41. The van der Waals surface area contributed by atoms with E-state index < -0.39 is 27.8 Å². The van der Waals surface area contributed by atoms with Gasteiger partial charge < -0.3 is 5.73 Å². The van der Waals surface area contributed by atoms with Crippen LogP contribution in [0.5, 0.6) is 0 Å². The summed E-state index contributed by atoms with van der Waals surface area (Å²) in [5.41, 5.74) is 6.89. The van der Waals surface area contributed by atoms with Crippen molar-refractivity contribution in [3.63, 3.8) is 0 Å². The quantitative estimate of drug-likeness (QED) is 0.545. The number of benzene rings is 3. The molecule has 2 N–H and O–H groups in total. The van der Waals surface area contributed by atoms with E-state index >= 15 is 0 Å². The molecular weight excluding hydrogens is 439 g/mol. The minimum atomic E-state index is -4.15. The first kappa shape index (κ1) is 22.9. The summed E-state index contributed by atoms with van der Waals surface area (Å²) in [6.07, 6.45) is 0.0664. The first-order chi connectivity index (χ1) is 14.7. The van der Waals surface area contributed by atoms with Gasteiger partial charge in [0.25, 0.3) is 0 Å². The minimum absolute atomic E-state index is 0.0382. The molecule has 5 nitrogen and oxygen atoms in total. The highest BCUT2D eigenvalue weighted by atomic mass is 35.5. The van der Waals surface area contributed by atoms with Crippen LogP contribution in [-0.4, -0.2) is 25.2 Å². The molecule has 31 heavy (non-hydrogen) atoms. The Labute approximate surface area is 186 Å². The van der Waals surface area contributed by atoms with Gasteiger partial charge in [0, 0.05) is 11.6 Å². The highest BCUT2D eigenvalue weighted by Gasteiger charge is 2.36. The number of hydrogen-bond donors (Lipinski definition) is 1. The van der Waals surface area contributed by atoms with Gasteiger partial charge in [0.2, 0.25) is 15.9 Å². The van der Waals surface area contributed by atoms with E-state index in [-0.39, 0.29) is 17.9 Å². The zero-order chi connectivity index (χ0) is 22.6. The van der Waals surface area contributed by atoms with E-state index in [0.717, 1.165) is 4.31 Å². The van der Waals surface area contributed by atoms with Gasteiger partial charge in [-0.3, -0.25) is 4.79 Å². The number of rotatable bonds is 8. The summed E-state index contributed by atoms with van der Waals surface area (Å²) in [6, 6.07) is 17.7. The Morgan fingerprint density at radius 3 is 2.29 bits per heavy atom. The molecule has 0 saturated carbocycles. The highest BCUT2D eigenvalue weighted by Crippen LogP contribution is 2.29. The number of amides is 1. The van der Waals surface area contributed by atoms with E-state index in [1.54, 1.807) is 55.5 Å². The van der Waals surface area contributed by atoms with Crippen molar-refractivity contribution in [3.05, 3.63) is 100 Å². The van der Waals surface area contributed by atoms with Crippen LogP contribution < -0.4 is 5.73 Å². The SMILES string of the molecule is Cc1cccc(CCN([C@@H](C(N)=O)c2ccccc2)S(=O)(=O)c2ccc(Cl)cc2)c1F. The van der Waals surface area contributed by atoms with E-state index in [2.05, 4.69) is 0 Å². The summed E-state index contributed by atoms with van der Waals surface area (Å²) in [6.45, 7) is 1.49. The molecule has 0 aliphatic rings. The number of carbonyl (C=O) groups excluding carboxylic acids is 1. The van der Waals surface area contributed by atoms with Crippen LogP contribution >= 0.6 is 11.6 Å². The lowest BCUT2D eigenvalue weighted by atomic mass is 10.0. The van der Waals surface area contributed by atoms with Gasteiger partial charge in [0.15, 0.2) is 0 Å². The Morgan fingerprint density at radius 2 is 1.68 bits per heavy atom. The molecule has 0 saturated heterocycles. The summed E-state index contributed by atoms with van der Waals surface area (Å²) < 4.78 is 42.6. The normalized spacial score (nSPS) is 12.6. The van der Waals surface area contributed by atoms with E-state index in [1.165, 1.54) is 24.3 Å². The van der Waals surface area contributed by atoms with Crippen molar-refractivity contribution in [1.29, 1.82) is 0 Å². The van der Waals surface area contributed by atoms with Crippen LogP contribution in [0.25, 0.3) is 0 Å². The maximum Gasteiger partial charge on any atom is 0.244 e. The average Bonchev–Trinajstić information content (AvgIpc) is 2.74. The number of sulfonamides is 1. The van der Waals surface area contributed by atoms with Crippen molar-refractivity contribution in [2.45, 2.75) is 24.3 Å². The molecule has 0 spiro atoms. The number of primary amides is 1. The molecule has 3 rings (SSSR count). The third-order valence-electron chi connectivity index (χ3n) is 4.97. The van der Waals surface area contributed by atoms with Gasteiger partial charge in [0.05, 0.1) is 4.90 Å². The fourth-order valence-corrected chi connectivity index (χ4v) is 5.08. The fourth-order valence-electron chi connectivity index (χ4n) is 3.37. The van der Waals surface area contributed by atoms with Crippen LogP contribution in [0.2, 0.25) is 5.02 Å². The summed E-state index contributed by atoms with van der Waals surface area (Å²) in [4.78, 5) is 12.4. The maximum atomic E-state index is 14.5. The third kappa shape index (κ3) is 5.12. The molecule has 0 radical (unpaired) electrons. The van der Waals surface area contributed by atoms with Gasteiger partial charge in [-0.1, -0.05) is 60.1 Å². The summed E-state index contributed by atoms with van der Waals surface area (Å²) in [7, 11) is -4.15. The van der Waals surface area contributed by atoms with Crippen molar-refractivity contribution in [3.8, 4) is 0 Å². The Balaban J connectivity index is 2.07. The van der Waals surface area contributed by atoms with Gasteiger partial charge in [-0.15, -0.1) is 0 Å². The number of nitrogens with zero attached hydrogens (tertiary/aromatic N) is 1. The first-order valence-electron chi connectivity index (χ1n) is 9.57. The smallest absolute Gasteiger partial charge is 0.244 e. The lowest BCUT2D eigenvalue weighted by Gasteiger charge is -2.29. The molecule has 0 aliphatic carbocycles. The molecule has 0 aliphatic heterocycles. The number of aryl methyl sites for hydroxylation is 1. The summed E-state index contributed by atoms with van der Waals surface area (Å²) in [5, 5.41) is 0.377. The highest BCUT2D eigenvalue weighted by molar-refractivity contribution is 7.89. The Morgan fingerprint density at radius 1 is 1.03 bits per heavy atom. The predicted octanol–water partition coefficient (Wildman–Crippen LogP) is 4.25. The molecule has 8 heteroatoms. The third-order valence-corrected chi connectivity index (χ3v) is 7.10. The molecule has 0 unspecified atom stereocenters. The molecule has 3 aromatic rings. The van der Waals surface area contributed by atoms with Crippen molar-refractivity contribution in [2.24, 2.45) is 5.73 Å². The molecule has 0 bridgehead atoms. The van der Waals surface area contributed by atoms with Crippen molar-refractivity contribution >= 4 is 27.5 Å². The fraction of sp³-hybridized carbons (Fsp3) is 0.174. The van der Waals surface area contributed by atoms with Crippen LogP contribution in [0, 0.1) is 12.7 Å². The van der Waals surface area contributed by atoms with Gasteiger partial charge >= 0.3 is 0 Å². The van der Waals surface area contributed by atoms with Crippen LogP contribution in [0.3, 0.4) is 0 Å². The van der Waals surface area contributed by atoms with Crippen molar-refractivity contribution < 1.29 is 17.6 Å². The van der Waals surface area contributed by atoms with E-state index in [4.69, 9.17) is 17.3 Å². The number of carbonyl (C=O) groups is 1. The Bertz CT molecular complexity index is 1170. The van der Waals surface area contributed by atoms with Gasteiger partial charge in [-0.2, -0.15) is 4.31 Å². The second-order valence-electron chi connectivity index (χ2n) is 7.08. The molecule has 1 atom stereocenters. The Kier molecular flexibility index (Phi) is 7.10. The maximum absolute atomic E-state index is 14.5. The van der Waals surface area contributed by atoms with Gasteiger partial charge in [-0.25, -0.2) is 12.8 Å². The largest absolute Gasteiger partial charge is 0.368 e. The zero-order valence-corrected chi connectivity index (χ0v) is 18.4. The monoisotopic (exact) mass is 460 g/mol. The number of nitrogens with two attached hydrogens (primary N) is 1. The molecule has 3 aromatic carbocycles. The molecule has 0 heterocycles. The standard InChI is InChI=1S/C23H22ClFN2O3S/c1-16-6-5-9-17(21(16)25)14-15-27(22(23(26)28)18-7-3-2-4-8-18)31(29,30)20-12-10-19(24)11-13-20/h2-13,22H,14-15H2,1H3,(H2,26,28)/t22-/m1/s1. The van der Waals surface area contributed by atoms with E-state index in [0.29, 0.717) is 21.7 Å². The van der Waals surface area contributed by atoms with Crippen molar-refractivity contribution in [2.75, 3.05) is 6.54 Å². The molecule has 162 valence electrons. The molecular formula is C23H22ClFN2O3S. The zero-order valence-electron chi connectivity index (χ0n) is 16.8. The Hall–Kier alpha value is -2.74. The minimum Gasteiger partial charge on any atom is -0.368 e. The number of hydrogen-bond acceptors (Lipinski definition) is 3. The predicted molar refractivity (Wildman–Crippen MR) is 119 cm³/mol. The lowest BCUT2D eigenvalue weighted by Crippen LogP contribution is -2.42. The van der Waals surface area contributed by atoms with Gasteiger partial charge in [-0.05, 0) is 54.3 Å². The van der Waals surface area contributed by atoms with Gasteiger partial charge in [0.1, 0.15) is 11.9 Å². The topological polar surface area (TPSA) is 80.5 Å². The van der Waals surface area contributed by atoms with Crippen LogP contribution in [0.1, 0.15) is 22.7 Å². The van der Waals surface area contributed by atoms with E-state index in [9.17, 15) is 17.6 Å². The van der Waals surface area contributed by atoms with Crippen LogP contribution in [0.4, 0.5) is 4.39 Å². The first-order valence-corrected chi connectivity index (χ1v) is 11.4. The van der Waals surface area contributed by atoms with Crippen molar-refractivity contribution in [1.82, 2.24) is 4.31 Å². The second kappa shape index (κ2) is 9.60.